The monoisotopic (exact) mass is 210 g/mol. The van der Waals surface area contributed by atoms with E-state index >= 15 is 0 Å². The Hall–Kier alpha value is -1.51. The minimum atomic E-state index is -0.105. The SMILES string of the molecule is CCCCC(=O)OC.Oc1ccccc1. The summed E-state index contributed by atoms with van der Waals surface area (Å²) < 4.78 is 4.41. The topological polar surface area (TPSA) is 46.5 Å². The Morgan fingerprint density at radius 1 is 1.33 bits per heavy atom. The Morgan fingerprint density at radius 3 is 2.27 bits per heavy atom. The van der Waals surface area contributed by atoms with E-state index in [0.29, 0.717) is 12.2 Å². The van der Waals surface area contributed by atoms with Gasteiger partial charge in [-0.1, -0.05) is 31.5 Å². The van der Waals surface area contributed by atoms with Crippen molar-refractivity contribution >= 4 is 5.97 Å². The fourth-order valence-corrected chi connectivity index (χ4v) is 0.851. The molecule has 15 heavy (non-hydrogen) atoms. The molecule has 0 aliphatic carbocycles. The number of phenols is 1. The average molecular weight is 210 g/mol. The highest BCUT2D eigenvalue weighted by atomic mass is 16.5. The summed E-state index contributed by atoms with van der Waals surface area (Å²) >= 11 is 0. The van der Waals surface area contributed by atoms with Crippen LogP contribution in [0, 0.1) is 0 Å². The van der Waals surface area contributed by atoms with Gasteiger partial charge in [0, 0.05) is 6.42 Å². The lowest BCUT2D eigenvalue weighted by atomic mass is 10.3. The Balaban J connectivity index is 0.000000262. The summed E-state index contributed by atoms with van der Waals surface area (Å²) in [4.78, 5) is 10.3. The van der Waals surface area contributed by atoms with E-state index in [1.54, 1.807) is 24.3 Å². The number of esters is 1. The Kier molecular flexibility index (Phi) is 8.15. The molecule has 3 heteroatoms. The molecule has 1 aromatic rings. The molecule has 0 unspecified atom stereocenters. The lowest BCUT2D eigenvalue weighted by Gasteiger charge is -1.93. The predicted molar refractivity (Wildman–Crippen MR) is 59.6 cm³/mol. The summed E-state index contributed by atoms with van der Waals surface area (Å²) in [6, 6.07) is 8.71. The molecule has 84 valence electrons. The summed E-state index contributed by atoms with van der Waals surface area (Å²) in [5.74, 6) is 0.217. The molecule has 1 N–H and O–H groups in total. The standard InChI is InChI=1S/C6H12O2.C6H6O/c1-3-4-5-6(7)8-2;7-6-4-2-1-3-5-6/h3-5H2,1-2H3;1-5,7H. The van der Waals surface area contributed by atoms with Crippen LogP contribution in [0.2, 0.25) is 0 Å². The van der Waals surface area contributed by atoms with Crippen molar-refractivity contribution in [2.75, 3.05) is 7.11 Å². The van der Waals surface area contributed by atoms with Crippen LogP contribution in [-0.4, -0.2) is 18.2 Å². The fraction of sp³-hybridized carbons (Fsp3) is 0.417. The molecular formula is C12H18O3. The molecule has 0 aliphatic heterocycles. The van der Waals surface area contributed by atoms with Gasteiger partial charge >= 0.3 is 5.97 Å². The van der Waals surface area contributed by atoms with Gasteiger partial charge in [0.2, 0.25) is 0 Å². The Labute approximate surface area is 90.7 Å². The number of carbonyl (C=O) groups excluding carboxylic acids is 1. The van der Waals surface area contributed by atoms with Crippen LogP contribution in [0.25, 0.3) is 0 Å². The summed E-state index contributed by atoms with van der Waals surface area (Å²) in [7, 11) is 1.41. The number of hydrogen-bond donors (Lipinski definition) is 1. The smallest absolute Gasteiger partial charge is 0.305 e. The van der Waals surface area contributed by atoms with Gasteiger partial charge in [0.15, 0.2) is 0 Å². The number of unbranched alkanes of at least 4 members (excludes halogenated alkanes) is 1. The minimum Gasteiger partial charge on any atom is -0.508 e. The van der Waals surface area contributed by atoms with Gasteiger partial charge in [0.05, 0.1) is 7.11 Å². The van der Waals surface area contributed by atoms with Crippen molar-refractivity contribution < 1.29 is 14.6 Å². The van der Waals surface area contributed by atoms with Gasteiger partial charge in [0.25, 0.3) is 0 Å². The van der Waals surface area contributed by atoms with Crippen LogP contribution < -0.4 is 0 Å². The minimum absolute atomic E-state index is 0.105. The Bertz CT molecular complexity index is 257. The molecular weight excluding hydrogens is 192 g/mol. The highest BCUT2D eigenvalue weighted by Gasteiger charge is 1.95. The molecule has 1 aromatic carbocycles. The van der Waals surface area contributed by atoms with Gasteiger partial charge in [-0.05, 0) is 18.6 Å². The second-order valence-electron chi connectivity index (χ2n) is 3.02. The molecule has 0 aromatic heterocycles. The van der Waals surface area contributed by atoms with E-state index in [0.717, 1.165) is 12.8 Å². The van der Waals surface area contributed by atoms with Crippen molar-refractivity contribution in [1.29, 1.82) is 0 Å². The van der Waals surface area contributed by atoms with Crippen molar-refractivity contribution in [2.45, 2.75) is 26.2 Å². The third kappa shape index (κ3) is 8.81. The first-order valence-electron chi connectivity index (χ1n) is 5.01. The highest BCUT2D eigenvalue weighted by molar-refractivity contribution is 5.68. The normalized spacial score (nSPS) is 8.67. The van der Waals surface area contributed by atoms with Gasteiger partial charge in [-0.15, -0.1) is 0 Å². The number of para-hydroxylation sites is 1. The molecule has 0 saturated carbocycles. The van der Waals surface area contributed by atoms with Crippen LogP contribution in [0.1, 0.15) is 26.2 Å². The quantitative estimate of drug-likeness (QED) is 0.780. The number of benzene rings is 1. The first-order valence-corrected chi connectivity index (χ1v) is 5.01. The van der Waals surface area contributed by atoms with E-state index in [1.807, 2.05) is 13.0 Å². The molecule has 0 saturated heterocycles. The average Bonchev–Trinajstić information content (AvgIpc) is 2.28. The summed E-state index contributed by atoms with van der Waals surface area (Å²) in [6.07, 6.45) is 2.55. The highest BCUT2D eigenvalue weighted by Crippen LogP contribution is 2.02. The maximum Gasteiger partial charge on any atom is 0.305 e. The fourth-order valence-electron chi connectivity index (χ4n) is 0.851. The Morgan fingerprint density at radius 2 is 1.93 bits per heavy atom. The third-order valence-electron chi connectivity index (χ3n) is 1.72. The zero-order valence-corrected chi connectivity index (χ0v) is 9.27. The summed E-state index contributed by atoms with van der Waals surface area (Å²) in [5.41, 5.74) is 0. The molecule has 0 atom stereocenters. The van der Waals surface area contributed by atoms with Crippen molar-refractivity contribution in [3.63, 3.8) is 0 Å². The summed E-state index contributed by atoms with van der Waals surface area (Å²) in [6.45, 7) is 2.04. The second-order valence-corrected chi connectivity index (χ2v) is 3.02. The van der Waals surface area contributed by atoms with Crippen molar-refractivity contribution in [2.24, 2.45) is 0 Å². The number of aromatic hydroxyl groups is 1. The lowest BCUT2D eigenvalue weighted by Crippen LogP contribution is -1.98. The number of carbonyl (C=O) groups is 1. The lowest BCUT2D eigenvalue weighted by molar-refractivity contribution is -0.140. The van der Waals surface area contributed by atoms with Crippen LogP contribution in [-0.2, 0) is 9.53 Å². The van der Waals surface area contributed by atoms with Crippen LogP contribution in [0.15, 0.2) is 30.3 Å². The number of hydrogen-bond acceptors (Lipinski definition) is 3. The van der Waals surface area contributed by atoms with Crippen molar-refractivity contribution in [3.8, 4) is 5.75 Å². The molecule has 0 amide bonds. The van der Waals surface area contributed by atoms with Gasteiger partial charge in [-0.2, -0.15) is 0 Å². The van der Waals surface area contributed by atoms with Gasteiger partial charge < -0.3 is 9.84 Å². The zero-order chi connectivity index (χ0) is 11.5. The number of ether oxygens (including phenoxy) is 1. The second kappa shape index (κ2) is 9.06. The van der Waals surface area contributed by atoms with E-state index < -0.39 is 0 Å². The first-order chi connectivity index (χ1) is 7.20. The zero-order valence-electron chi connectivity index (χ0n) is 9.27. The molecule has 0 spiro atoms. The van der Waals surface area contributed by atoms with Gasteiger partial charge in [0.1, 0.15) is 5.75 Å². The molecule has 0 heterocycles. The van der Waals surface area contributed by atoms with E-state index in [4.69, 9.17) is 5.11 Å². The predicted octanol–water partition coefficient (Wildman–Crippen LogP) is 2.74. The van der Waals surface area contributed by atoms with E-state index in [-0.39, 0.29) is 5.97 Å². The van der Waals surface area contributed by atoms with Crippen LogP contribution in [0.3, 0.4) is 0 Å². The van der Waals surface area contributed by atoms with Crippen molar-refractivity contribution in [1.82, 2.24) is 0 Å². The molecule has 3 nitrogen and oxygen atoms in total. The van der Waals surface area contributed by atoms with Crippen LogP contribution in [0.5, 0.6) is 5.75 Å². The number of methoxy groups -OCH3 is 1. The van der Waals surface area contributed by atoms with Crippen LogP contribution >= 0.6 is 0 Å². The number of phenolic OH excluding ortho intramolecular Hbond substituents is 1. The van der Waals surface area contributed by atoms with Gasteiger partial charge in [-0.3, -0.25) is 4.79 Å². The van der Waals surface area contributed by atoms with E-state index in [9.17, 15) is 4.79 Å². The summed E-state index contributed by atoms with van der Waals surface area (Å²) in [5, 5.41) is 8.63. The first kappa shape index (κ1) is 13.5. The maximum atomic E-state index is 10.3. The van der Waals surface area contributed by atoms with Crippen LogP contribution in [0.4, 0.5) is 0 Å². The molecule has 1 rings (SSSR count). The number of rotatable bonds is 3. The maximum absolute atomic E-state index is 10.3. The molecule has 0 bridgehead atoms. The van der Waals surface area contributed by atoms with Crippen molar-refractivity contribution in [3.05, 3.63) is 30.3 Å². The molecule has 0 aliphatic rings. The largest absolute Gasteiger partial charge is 0.508 e. The van der Waals surface area contributed by atoms with E-state index in [2.05, 4.69) is 4.74 Å². The van der Waals surface area contributed by atoms with E-state index in [1.165, 1.54) is 7.11 Å². The molecule has 0 radical (unpaired) electrons. The van der Waals surface area contributed by atoms with Gasteiger partial charge in [-0.25, -0.2) is 0 Å². The molecule has 0 fully saturated rings. The third-order valence-corrected chi connectivity index (χ3v) is 1.72.